The van der Waals surface area contributed by atoms with Crippen molar-refractivity contribution in [2.24, 2.45) is 5.92 Å². The van der Waals surface area contributed by atoms with E-state index in [1.165, 1.54) is 18.4 Å². The van der Waals surface area contributed by atoms with E-state index in [-0.39, 0.29) is 6.04 Å². The van der Waals surface area contributed by atoms with E-state index >= 15 is 0 Å². The molecule has 0 saturated carbocycles. The number of nitrogens with zero attached hydrogens (tertiary/aromatic N) is 1. The van der Waals surface area contributed by atoms with Gasteiger partial charge in [0.05, 0.1) is 6.04 Å². The molecule has 2 aliphatic heterocycles. The van der Waals surface area contributed by atoms with Crippen molar-refractivity contribution in [2.45, 2.75) is 89.6 Å². The minimum Gasteiger partial charge on any atom is -0.543 e. The van der Waals surface area contributed by atoms with Crippen molar-refractivity contribution in [2.75, 3.05) is 19.7 Å². The van der Waals surface area contributed by atoms with E-state index in [4.69, 9.17) is 9.16 Å². The van der Waals surface area contributed by atoms with Gasteiger partial charge >= 0.3 is 0 Å². The third-order valence-electron chi connectivity index (χ3n) is 8.56. The van der Waals surface area contributed by atoms with Crippen LogP contribution in [0.4, 0.5) is 0 Å². The maximum absolute atomic E-state index is 11.3. The van der Waals surface area contributed by atoms with Gasteiger partial charge in [0.2, 0.25) is 0 Å². The molecule has 4 nitrogen and oxygen atoms in total. The lowest BCUT2D eigenvalue weighted by Crippen LogP contribution is -2.51. The van der Waals surface area contributed by atoms with E-state index in [1.807, 2.05) is 12.1 Å². The quantitative estimate of drug-likeness (QED) is 0.401. The highest BCUT2D eigenvalue weighted by molar-refractivity contribution is 6.78. The predicted molar refractivity (Wildman–Crippen MR) is 147 cm³/mol. The first kappa shape index (κ1) is 26.2. The molecule has 2 aliphatic rings. The second-order valence-corrected chi connectivity index (χ2v) is 17.0. The molecule has 0 aliphatic carbocycles. The van der Waals surface area contributed by atoms with Crippen LogP contribution in [-0.4, -0.2) is 44.1 Å². The summed E-state index contributed by atoms with van der Waals surface area (Å²) in [6.07, 6.45) is 2.97. The molecule has 192 valence electrons. The number of ether oxygens (including phenoxy) is 1. The fraction of sp³-hybridized carbons (Fsp3) is 0.600. The molecule has 1 fully saturated rings. The van der Waals surface area contributed by atoms with Gasteiger partial charge in [0, 0.05) is 11.6 Å². The van der Waals surface area contributed by atoms with Crippen molar-refractivity contribution in [3.05, 3.63) is 59.7 Å². The summed E-state index contributed by atoms with van der Waals surface area (Å²) in [7, 11) is -2.03. The molecule has 0 amide bonds. The second kappa shape index (κ2) is 11.1. The molecule has 0 unspecified atom stereocenters. The Morgan fingerprint density at radius 1 is 0.943 bits per heavy atom. The van der Waals surface area contributed by atoms with Gasteiger partial charge in [-0.2, -0.15) is 0 Å². The Labute approximate surface area is 213 Å². The molecule has 0 radical (unpaired) electrons. The molecule has 0 bridgehead atoms. The second-order valence-electron chi connectivity index (χ2n) is 11.6. The van der Waals surface area contributed by atoms with Crippen LogP contribution in [0.2, 0.25) is 16.6 Å². The fourth-order valence-corrected chi connectivity index (χ4v) is 12.0. The fourth-order valence-electron chi connectivity index (χ4n) is 6.72. The molecule has 2 atom stereocenters. The standard InChI is InChI=1S/C30H45NO3Si/c1-21(2)35(22(3)4,23(5)6)34-26-12-13-27-29(19-26)33-20-28(30(27)32)31-16-14-25(15-17-31)18-24-10-8-7-9-11-24/h7-13,19,21-23,25,28,30,32H,14-18,20H2,1-6H3/t28-,30+/m1/s1. The van der Waals surface area contributed by atoms with Crippen molar-refractivity contribution in [1.29, 1.82) is 0 Å². The van der Waals surface area contributed by atoms with Crippen molar-refractivity contribution in [3.8, 4) is 11.5 Å². The Morgan fingerprint density at radius 3 is 2.17 bits per heavy atom. The van der Waals surface area contributed by atoms with E-state index in [0.717, 1.165) is 42.5 Å². The van der Waals surface area contributed by atoms with Crippen molar-refractivity contribution < 1.29 is 14.3 Å². The monoisotopic (exact) mass is 495 g/mol. The number of likely N-dealkylation sites (tertiary alicyclic amines) is 1. The average molecular weight is 496 g/mol. The Morgan fingerprint density at radius 2 is 1.57 bits per heavy atom. The van der Waals surface area contributed by atoms with Crippen molar-refractivity contribution in [1.82, 2.24) is 4.90 Å². The minimum atomic E-state index is -2.03. The summed E-state index contributed by atoms with van der Waals surface area (Å²) >= 11 is 0. The summed E-state index contributed by atoms with van der Waals surface area (Å²) in [6.45, 7) is 16.4. The highest BCUT2D eigenvalue weighted by Crippen LogP contribution is 2.44. The molecule has 2 aromatic carbocycles. The Bertz CT molecular complexity index is 932. The van der Waals surface area contributed by atoms with E-state index in [2.05, 4.69) is 82.8 Å². The van der Waals surface area contributed by atoms with Gasteiger partial charge in [-0.25, -0.2) is 0 Å². The molecule has 1 N–H and O–H groups in total. The number of rotatable bonds is 8. The van der Waals surface area contributed by atoms with Crippen LogP contribution >= 0.6 is 0 Å². The first-order chi connectivity index (χ1) is 16.7. The minimum absolute atomic E-state index is 0.0161. The van der Waals surface area contributed by atoms with Gasteiger partial charge in [-0.05, 0) is 72.6 Å². The summed E-state index contributed by atoms with van der Waals surface area (Å²) < 4.78 is 13.1. The van der Waals surface area contributed by atoms with E-state index in [0.29, 0.717) is 23.2 Å². The Kier molecular flexibility index (Phi) is 8.29. The predicted octanol–water partition coefficient (Wildman–Crippen LogP) is 6.99. The van der Waals surface area contributed by atoms with Crippen LogP contribution in [0.5, 0.6) is 11.5 Å². The van der Waals surface area contributed by atoms with E-state index in [1.54, 1.807) is 0 Å². The molecule has 4 rings (SSSR count). The zero-order valence-corrected chi connectivity index (χ0v) is 23.5. The molecule has 2 heterocycles. The van der Waals surface area contributed by atoms with Crippen molar-refractivity contribution >= 4 is 8.32 Å². The average Bonchev–Trinajstić information content (AvgIpc) is 2.83. The van der Waals surface area contributed by atoms with Crippen LogP contribution < -0.4 is 9.16 Å². The van der Waals surface area contributed by atoms with Crippen molar-refractivity contribution in [3.63, 3.8) is 0 Å². The number of fused-ring (bicyclic) bond motifs is 1. The van der Waals surface area contributed by atoms with Gasteiger partial charge in [0.15, 0.2) is 0 Å². The number of benzene rings is 2. The SMILES string of the molecule is CC(C)[Si](Oc1ccc2c(c1)OC[C@@H](N1CCC(Cc3ccccc3)CC1)[C@H]2O)(C(C)C)C(C)C. The normalized spacial score (nSPS) is 21.9. The smallest absolute Gasteiger partial charge is 0.258 e. The number of aliphatic hydroxyl groups is 1. The van der Waals surface area contributed by atoms with Crippen LogP contribution in [0.25, 0.3) is 0 Å². The third-order valence-corrected chi connectivity index (χ3v) is 14.6. The van der Waals surface area contributed by atoms with Gasteiger partial charge in [-0.1, -0.05) is 71.9 Å². The van der Waals surface area contributed by atoms with Gasteiger partial charge in [0.1, 0.15) is 24.2 Å². The Balaban J connectivity index is 1.41. The number of hydrogen-bond acceptors (Lipinski definition) is 4. The maximum atomic E-state index is 11.3. The molecule has 1 saturated heterocycles. The van der Waals surface area contributed by atoms with Crippen LogP contribution in [-0.2, 0) is 6.42 Å². The highest BCUT2D eigenvalue weighted by atomic mass is 28.4. The molecular weight excluding hydrogens is 450 g/mol. The van der Waals surface area contributed by atoms with E-state index in [9.17, 15) is 5.11 Å². The lowest BCUT2D eigenvalue weighted by atomic mass is 9.88. The van der Waals surface area contributed by atoms with Gasteiger partial charge in [-0.3, -0.25) is 4.90 Å². The van der Waals surface area contributed by atoms with Gasteiger partial charge < -0.3 is 14.3 Å². The largest absolute Gasteiger partial charge is 0.543 e. The summed E-state index contributed by atoms with van der Waals surface area (Å²) in [5, 5.41) is 11.3. The highest BCUT2D eigenvalue weighted by Gasteiger charge is 2.47. The molecular formula is C30H45NO3Si. The first-order valence-corrected chi connectivity index (χ1v) is 15.8. The number of aliphatic hydroxyl groups excluding tert-OH is 1. The first-order valence-electron chi connectivity index (χ1n) is 13.6. The molecule has 35 heavy (non-hydrogen) atoms. The maximum Gasteiger partial charge on any atom is 0.258 e. The summed E-state index contributed by atoms with van der Waals surface area (Å²) in [6, 6.07) is 16.9. The van der Waals surface area contributed by atoms with Crippen LogP contribution in [0.1, 0.15) is 71.6 Å². The van der Waals surface area contributed by atoms with E-state index < -0.39 is 14.4 Å². The lowest BCUT2D eigenvalue weighted by Gasteiger charge is -2.43. The molecule has 5 heteroatoms. The van der Waals surface area contributed by atoms with Crippen LogP contribution in [0.3, 0.4) is 0 Å². The Hall–Kier alpha value is -1.82. The zero-order chi connectivity index (χ0) is 25.2. The summed E-state index contributed by atoms with van der Waals surface area (Å²) in [5.74, 6) is 2.39. The number of hydrogen-bond donors (Lipinski definition) is 1. The topological polar surface area (TPSA) is 41.9 Å². The summed E-state index contributed by atoms with van der Waals surface area (Å²) in [5.41, 5.74) is 3.86. The molecule has 0 spiro atoms. The van der Waals surface area contributed by atoms with Crippen LogP contribution in [0.15, 0.2) is 48.5 Å². The lowest BCUT2D eigenvalue weighted by molar-refractivity contribution is -0.0108. The molecule has 0 aromatic heterocycles. The number of piperidine rings is 1. The summed E-state index contributed by atoms with van der Waals surface area (Å²) in [4.78, 5) is 2.44. The van der Waals surface area contributed by atoms with Gasteiger partial charge in [-0.15, -0.1) is 0 Å². The molecule has 2 aromatic rings. The third kappa shape index (κ3) is 5.47. The van der Waals surface area contributed by atoms with Gasteiger partial charge in [0.25, 0.3) is 8.32 Å². The zero-order valence-electron chi connectivity index (χ0n) is 22.5. The van der Waals surface area contributed by atoms with Crippen LogP contribution in [0, 0.1) is 5.92 Å².